The summed E-state index contributed by atoms with van der Waals surface area (Å²) in [6, 6.07) is 10.4. The molecule has 2 aliphatic rings. The molecule has 0 aliphatic carbocycles. The van der Waals surface area contributed by atoms with Gasteiger partial charge in [0.2, 0.25) is 11.8 Å². The zero-order valence-electron chi connectivity index (χ0n) is 13.7. The van der Waals surface area contributed by atoms with E-state index in [9.17, 15) is 9.59 Å². The molecule has 1 aromatic carbocycles. The first-order valence-electron chi connectivity index (χ1n) is 8.19. The van der Waals surface area contributed by atoms with Crippen LogP contribution >= 0.6 is 12.4 Å². The molecule has 132 valence electrons. The molecule has 2 heterocycles. The molecule has 0 bridgehead atoms. The summed E-state index contributed by atoms with van der Waals surface area (Å²) in [4.78, 5) is 27.6. The lowest BCUT2D eigenvalue weighted by atomic mass is 9.89. The highest BCUT2D eigenvalue weighted by molar-refractivity contribution is 5.86. The minimum atomic E-state index is -0.0759. The van der Waals surface area contributed by atoms with Crippen LogP contribution in [0.2, 0.25) is 0 Å². The Balaban J connectivity index is 0.00000208. The van der Waals surface area contributed by atoms with E-state index >= 15 is 0 Å². The molecule has 2 aliphatic heterocycles. The van der Waals surface area contributed by atoms with E-state index in [1.54, 1.807) is 4.90 Å². The van der Waals surface area contributed by atoms with Gasteiger partial charge in [-0.3, -0.25) is 14.5 Å². The topological polar surface area (TPSA) is 78.7 Å². The summed E-state index contributed by atoms with van der Waals surface area (Å²) in [5.41, 5.74) is 7.23. The van der Waals surface area contributed by atoms with Gasteiger partial charge in [-0.2, -0.15) is 0 Å². The second kappa shape index (κ2) is 8.46. The highest BCUT2D eigenvalue weighted by atomic mass is 35.5. The molecule has 1 aromatic rings. The number of carbonyl (C=O) groups is 2. The average molecular weight is 353 g/mol. The summed E-state index contributed by atoms with van der Waals surface area (Å²) in [5, 5.41) is 2.74. The SMILES string of the molecule is Cl.NC[C@@H]1CN(CC(=O)N2CCNC(=O)C2)C[C@H]1c1ccccc1. The molecule has 2 amide bonds. The first kappa shape index (κ1) is 18.7. The van der Waals surface area contributed by atoms with Crippen molar-refractivity contribution in [2.24, 2.45) is 11.7 Å². The Labute approximate surface area is 148 Å². The Kier molecular flexibility index (Phi) is 6.60. The number of rotatable bonds is 4. The number of amides is 2. The second-order valence-electron chi connectivity index (χ2n) is 6.37. The normalized spacial score (nSPS) is 24.4. The lowest BCUT2D eigenvalue weighted by Crippen LogP contribution is -2.52. The van der Waals surface area contributed by atoms with Gasteiger partial charge >= 0.3 is 0 Å². The van der Waals surface area contributed by atoms with Crippen molar-refractivity contribution in [3.8, 4) is 0 Å². The van der Waals surface area contributed by atoms with Gasteiger partial charge in [-0.15, -0.1) is 12.4 Å². The fourth-order valence-corrected chi connectivity index (χ4v) is 3.55. The smallest absolute Gasteiger partial charge is 0.239 e. The molecule has 3 N–H and O–H groups in total. The maximum atomic E-state index is 12.4. The molecule has 2 saturated heterocycles. The maximum Gasteiger partial charge on any atom is 0.239 e. The summed E-state index contributed by atoms with van der Waals surface area (Å²) in [6.45, 7) is 3.99. The van der Waals surface area contributed by atoms with Crippen LogP contribution in [-0.4, -0.2) is 67.4 Å². The molecule has 6 nitrogen and oxygen atoms in total. The summed E-state index contributed by atoms with van der Waals surface area (Å²) in [7, 11) is 0. The minimum Gasteiger partial charge on any atom is -0.353 e. The van der Waals surface area contributed by atoms with Crippen molar-refractivity contribution in [1.29, 1.82) is 0 Å². The van der Waals surface area contributed by atoms with Gasteiger partial charge in [0, 0.05) is 32.1 Å². The molecule has 0 spiro atoms. The second-order valence-corrected chi connectivity index (χ2v) is 6.37. The molecule has 0 aromatic heterocycles. The van der Waals surface area contributed by atoms with E-state index in [0.717, 1.165) is 13.1 Å². The van der Waals surface area contributed by atoms with Crippen molar-refractivity contribution in [3.63, 3.8) is 0 Å². The van der Waals surface area contributed by atoms with Gasteiger partial charge in [-0.05, 0) is 18.0 Å². The Morgan fingerprint density at radius 1 is 1.25 bits per heavy atom. The third-order valence-corrected chi connectivity index (χ3v) is 4.80. The first-order chi connectivity index (χ1) is 11.2. The molecule has 0 saturated carbocycles. The monoisotopic (exact) mass is 352 g/mol. The van der Waals surface area contributed by atoms with E-state index < -0.39 is 0 Å². The molecule has 3 rings (SSSR count). The number of nitrogens with two attached hydrogens (primary N) is 1. The van der Waals surface area contributed by atoms with Crippen molar-refractivity contribution in [2.45, 2.75) is 5.92 Å². The van der Waals surface area contributed by atoms with Crippen molar-refractivity contribution in [3.05, 3.63) is 35.9 Å². The zero-order chi connectivity index (χ0) is 16.2. The van der Waals surface area contributed by atoms with E-state index in [4.69, 9.17) is 5.73 Å². The van der Waals surface area contributed by atoms with Crippen molar-refractivity contribution < 1.29 is 9.59 Å². The lowest BCUT2D eigenvalue weighted by molar-refractivity contribution is -0.138. The number of piperazine rings is 1. The molecule has 0 unspecified atom stereocenters. The number of hydrogen-bond acceptors (Lipinski definition) is 4. The van der Waals surface area contributed by atoms with E-state index in [1.807, 2.05) is 18.2 Å². The maximum absolute atomic E-state index is 12.4. The van der Waals surface area contributed by atoms with Crippen molar-refractivity contribution in [2.75, 3.05) is 45.8 Å². The number of likely N-dealkylation sites (tertiary alicyclic amines) is 1. The first-order valence-corrected chi connectivity index (χ1v) is 8.19. The third kappa shape index (κ3) is 4.26. The van der Waals surface area contributed by atoms with E-state index in [2.05, 4.69) is 22.3 Å². The molecule has 7 heteroatoms. The number of carbonyl (C=O) groups excluding carboxylic acids is 2. The predicted octanol–water partition coefficient (Wildman–Crippen LogP) is 0.0409. The van der Waals surface area contributed by atoms with Crippen LogP contribution in [0.15, 0.2) is 30.3 Å². The van der Waals surface area contributed by atoms with Crippen LogP contribution in [-0.2, 0) is 9.59 Å². The quantitative estimate of drug-likeness (QED) is 0.802. The summed E-state index contributed by atoms with van der Waals surface area (Å²) < 4.78 is 0. The highest BCUT2D eigenvalue weighted by Gasteiger charge is 2.34. The number of nitrogens with one attached hydrogen (secondary N) is 1. The summed E-state index contributed by atoms with van der Waals surface area (Å²) in [5.74, 6) is 0.700. The van der Waals surface area contributed by atoms with Gasteiger partial charge in [0.1, 0.15) is 0 Å². The van der Waals surface area contributed by atoms with Gasteiger partial charge in [0.25, 0.3) is 0 Å². The van der Waals surface area contributed by atoms with E-state index in [0.29, 0.717) is 38.0 Å². The Bertz CT molecular complexity index is 569. The fourth-order valence-electron chi connectivity index (χ4n) is 3.55. The van der Waals surface area contributed by atoms with Crippen LogP contribution in [0.4, 0.5) is 0 Å². The fraction of sp³-hybridized carbons (Fsp3) is 0.529. The number of benzene rings is 1. The average Bonchev–Trinajstić information content (AvgIpc) is 2.98. The van der Waals surface area contributed by atoms with Gasteiger partial charge in [-0.1, -0.05) is 30.3 Å². The van der Waals surface area contributed by atoms with Gasteiger partial charge in [0.05, 0.1) is 13.1 Å². The van der Waals surface area contributed by atoms with Gasteiger partial charge in [-0.25, -0.2) is 0 Å². The van der Waals surface area contributed by atoms with Crippen LogP contribution < -0.4 is 11.1 Å². The van der Waals surface area contributed by atoms with Gasteiger partial charge in [0.15, 0.2) is 0 Å². The molecule has 0 radical (unpaired) electrons. The number of hydrogen-bond donors (Lipinski definition) is 2. The Hall–Kier alpha value is -1.63. The molecular formula is C17H25ClN4O2. The Morgan fingerprint density at radius 2 is 2.00 bits per heavy atom. The zero-order valence-corrected chi connectivity index (χ0v) is 14.5. The van der Waals surface area contributed by atoms with E-state index in [-0.39, 0.29) is 30.8 Å². The van der Waals surface area contributed by atoms with Crippen molar-refractivity contribution in [1.82, 2.24) is 15.1 Å². The van der Waals surface area contributed by atoms with Crippen LogP contribution in [0.1, 0.15) is 11.5 Å². The largest absolute Gasteiger partial charge is 0.353 e. The molecule has 2 atom stereocenters. The van der Waals surface area contributed by atoms with Crippen LogP contribution in [0.5, 0.6) is 0 Å². The van der Waals surface area contributed by atoms with Crippen LogP contribution in [0, 0.1) is 5.92 Å². The lowest BCUT2D eigenvalue weighted by Gasteiger charge is -2.28. The number of halogens is 1. The summed E-state index contributed by atoms with van der Waals surface area (Å²) >= 11 is 0. The van der Waals surface area contributed by atoms with Gasteiger partial charge < -0.3 is 16.0 Å². The number of nitrogens with zero attached hydrogens (tertiary/aromatic N) is 2. The van der Waals surface area contributed by atoms with Crippen LogP contribution in [0.25, 0.3) is 0 Å². The van der Waals surface area contributed by atoms with E-state index in [1.165, 1.54) is 5.56 Å². The van der Waals surface area contributed by atoms with Crippen LogP contribution in [0.3, 0.4) is 0 Å². The predicted molar refractivity (Wildman–Crippen MR) is 95.0 cm³/mol. The standard InChI is InChI=1S/C17H24N4O2.ClH/c18-8-14-9-20(10-15(14)13-4-2-1-3-5-13)12-17(23)21-7-6-19-16(22)11-21;/h1-5,14-15H,6-12,18H2,(H,19,22);1H/t14-,15+;/m1./s1. The minimum absolute atomic E-state index is 0. The third-order valence-electron chi connectivity index (χ3n) is 4.80. The van der Waals surface area contributed by atoms with Crippen molar-refractivity contribution >= 4 is 24.2 Å². The molecular weight excluding hydrogens is 328 g/mol. The molecule has 2 fully saturated rings. The summed E-state index contributed by atoms with van der Waals surface area (Å²) in [6.07, 6.45) is 0. The Morgan fingerprint density at radius 3 is 2.67 bits per heavy atom. The molecule has 24 heavy (non-hydrogen) atoms. The highest BCUT2D eigenvalue weighted by Crippen LogP contribution is 2.31.